The van der Waals surface area contributed by atoms with E-state index in [0.717, 1.165) is 16.6 Å². The molecule has 1 heterocycles. The fourth-order valence-electron chi connectivity index (χ4n) is 1.73. The van der Waals surface area contributed by atoms with Gasteiger partial charge in [-0.15, -0.1) is 11.3 Å². The van der Waals surface area contributed by atoms with Gasteiger partial charge in [-0.25, -0.2) is 0 Å². The molecule has 1 unspecified atom stereocenters. The molecular formula is C14H16ClNOS. The number of methoxy groups -OCH3 is 1. The Balaban J connectivity index is 1.96. The number of halogens is 1. The van der Waals surface area contributed by atoms with E-state index in [-0.39, 0.29) is 6.04 Å². The molecule has 1 N–H and O–H groups in total. The summed E-state index contributed by atoms with van der Waals surface area (Å²) in [6, 6.07) is 12.4. The first-order valence-corrected chi connectivity index (χ1v) is 7.00. The van der Waals surface area contributed by atoms with E-state index in [9.17, 15) is 0 Å². The molecule has 0 aliphatic rings. The van der Waals surface area contributed by atoms with Crippen molar-refractivity contribution in [3.63, 3.8) is 0 Å². The highest BCUT2D eigenvalue weighted by atomic mass is 35.5. The van der Waals surface area contributed by atoms with Crippen LogP contribution in [-0.4, -0.2) is 7.11 Å². The van der Waals surface area contributed by atoms with Crippen LogP contribution < -0.4 is 10.1 Å². The Morgan fingerprint density at radius 2 is 2.17 bits per heavy atom. The Bertz CT molecular complexity index is 512. The lowest BCUT2D eigenvalue weighted by atomic mass is 10.1. The molecule has 0 amide bonds. The van der Waals surface area contributed by atoms with Crippen LogP contribution in [-0.2, 0) is 6.54 Å². The van der Waals surface area contributed by atoms with E-state index in [1.54, 1.807) is 18.4 Å². The summed E-state index contributed by atoms with van der Waals surface area (Å²) in [5, 5.41) is 3.48. The number of hydrogen-bond acceptors (Lipinski definition) is 3. The molecule has 0 saturated heterocycles. The van der Waals surface area contributed by atoms with E-state index in [4.69, 9.17) is 16.3 Å². The molecule has 0 aliphatic carbocycles. The summed E-state index contributed by atoms with van der Waals surface area (Å²) >= 11 is 7.52. The maximum Gasteiger partial charge on any atom is 0.119 e. The first-order valence-electron chi connectivity index (χ1n) is 5.80. The number of hydrogen-bond donors (Lipinski definition) is 1. The first kappa shape index (κ1) is 13.4. The molecule has 0 fully saturated rings. The number of ether oxygens (including phenoxy) is 1. The van der Waals surface area contributed by atoms with Gasteiger partial charge in [0.1, 0.15) is 5.75 Å². The molecule has 0 radical (unpaired) electrons. The molecule has 2 rings (SSSR count). The highest BCUT2D eigenvalue weighted by molar-refractivity contribution is 7.16. The summed E-state index contributed by atoms with van der Waals surface area (Å²) in [4.78, 5) is 1.25. The van der Waals surface area contributed by atoms with Crippen LogP contribution in [0.4, 0.5) is 0 Å². The second kappa shape index (κ2) is 6.23. The summed E-state index contributed by atoms with van der Waals surface area (Å²) in [5.74, 6) is 0.889. The lowest BCUT2D eigenvalue weighted by Gasteiger charge is -2.14. The fraction of sp³-hybridized carbons (Fsp3) is 0.286. The molecule has 2 aromatic rings. The molecule has 1 aromatic heterocycles. The minimum absolute atomic E-state index is 0.279. The topological polar surface area (TPSA) is 21.3 Å². The Labute approximate surface area is 117 Å². The van der Waals surface area contributed by atoms with Crippen LogP contribution in [0.5, 0.6) is 5.75 Å². The third kappa shape index (κ3) is 3.48. The second-order valence-corrected chi connectivity index (χ2v) is 5.88. The number of rotatable bonds is 5. The van der Waals surface area contributed by atoms with Crippen LogP contribution in [0.25, 0.3) is 0 Å². The van der Waals surface area contributed by atoms with Gasteiger partial charge in [-0.1, -0.05) is 23.7 Å². The van der Waals surface area contributed by atoms with Gasteiger partial charge in [0.05, 0.1) is 11.4 Å². The number of benzene rings is 1. The van der Waals surface area contributed by atoms with Gasteiger partial charge in [0, 0.05) is 17.5 Å². The molecule has 4 heteroatoms. The average molecular weight is 282 g/mol. The third-order valence-electron chi connectivity index (χ3n) is 2.81. The van der Waals surface area contributed by atoms with Gasteiger partial charge < -0.3 is 10.1 Å². The van der Waals surface area contributed by atoms with E-state index in [2.05, 4.69) is 30.4 Å². The van der Waals surface area contributed by atoms with E-state index < -0.39 is 0 Å². The Kier molecular flexibility index (Phi) is 4.64. The summed E-state index contributed by atoms with van der Waals surface area (Å²) < 4.78 is 6.06. The van der Waals surface area contributed by atoms with Crippen LogP contribution in [0.2, 0.25) is 4.34 Å². The molecular weight excluding hydrogens is 266 g/mol. The largest absolute Gasteiger partial charge is 0.497 e. The van der Waals surface area contributed by atoms with Crippen molar-refractivity contribution >= 4 is 22.9 Å². The molecule has 1 aromatic carbocycles. The van der Waals surface area contributed by atoms with E-state index in [0.29, 0.717) is 0 Å². The van der Waals surface area contributed by atoms with Crippen LogP contribution >= 0.6 is 22.9 Å². The van der Waals surface area contributed by atoms with Gasteiger partial charge in [0.25, 0.3) is 0 Å². The van der Waals surface area contributed by atoms with Crippen molar-refractivity contribution < 1.29 is 4.74 Å². The number of nitrogens with one attached hydrogen (secondary N) is 1. The van der Waals surface area contributed by atoms with Gasteiger partial charge in [-0.3, -0.25) is 0 Å². The standard InChI is InChI=1S/C14H16ClNOS/c1-10(11-4-3-5-12(8-11)17-2)16-9-13-6-7-14(15)18-13/h3-8,10,16H,9H2,1-2H3. The highest BCUT2D eigenvalue weighted by Crippen LogP contribution is 2.23. The zero-order valence-electron chi connectivity index (χ0n) is 10.4. The fourth-order valence-corrected chi connectivity index (χ4v) is 2.77. The minimum atomic E-state index is 0.279. The van der Waals surface area contributed by atoms with Crippen molar-refractivity contribution in [2.45, 2.75) is 19.5 Å². The van der Waals surface area contributed by atoms with E-state index >= 15 is 0 Å². The zero-order valence-corrected chi connectivity index (χ0v) is 12.0. The lowest BCUT2D eigenvalue weighted by molar-refractivity contribution is 0.413. The normalized spacial score (nSPS) is 12.4. The number of thiophene rings is 1. The third-order valence-corrected chi connectivity index (χ3v) is 4.04. The van der Waals surface area contributed by atoms with Crippen molar-refractivity contribution in [2.24, 2.45) is 0 Å². The minimum Gasteiger partial charge on any atom is -0.497 e. The molecule has 0 spiro atoms. The molecule has 1 atom stereocenters. The second-order valence-electron chi connectivity index (χ2n) is 4.09. The molecule has 0 bridgehead atoms. The smallest absolute Gasteiger partial charge is 0.119 e. The van der Waals surface area contributed by atoms with Crippen molar-refractivity contribution in [2.75, 3.05) is 7.11 Å². The first-order chi connectivity index (χ1) is 8.69. The van der Waals surface area contributed by atoms with Crippen molar-refractivity contribution in [1.29, 1.82) is 0 Å². The van der Waals surface area contributed by atoms with Crippen LogP contribution in [0, 0.1) is 0 Å². The summed E-state index contributed by atoms with van der Waals surface area (Å²) in [7, 11) is 1.69. The Morgan fingerprint density at radius 3 is 2.83 bits per heavy atom. The van der Waals surface area contributed by atoms with Gasteiger partial charge in [0.2, 0.25) is 0 Å². The monoisotopic (exact) mass is 281 g/mol. The maximum atomic E-state index is 5.91. The lowest BCUT2D eigenvalue weighted by Crippen LogP contribution is -2.17. The van der Waals surface area contributed by atoms with Crippen LogP contribution in [0.3, 0.4) is 0 Å². The average Bonchev–Trinajstić information content (AvgIpc) is 2.82. The van der Waals surface area contributed by atoms with Crippen molar-refractivity contribution in [1.82, 2.24) is 5.32 Å². The Hall–Kier alpha value is -1.03. The molecule has 0 aliphatic heterocycles. The molecule has 18 heavy (non-hydrogen) atoms. The van der Waals surface area contributed by atoms with E-state index in [1.807, 2.05) is 18.2 Å². The van der Waals surface area contributed by atoms with Gasteiger partial charge in [0.15, 0.2) is 0 Å². The molecule has 2 nitrogen and oxygen atoms in total. The van der Waals surface area contributed by atoms with Gasteiger partial charge >= 0.3 is 0 Å². The van der Waals surface area contributed by atoms with Gasteiger partial charge in [-0.2, -0.15) is 0 Å². The molecule has 96 valence electrons. The zero-order chi connectivity index (χ0) is 13.0. The molecule has 0 saturated carbocycles. The Morgan fingerprint density at radius 1 is 1.33 bits per heavy atom. The van der Waals surface area contributed by atoms with Crippen molar-refractivity contribution in [3.05, 3.63) is 51.2 Å². The summed E-state index contributed by atoms with van der Waals surface area (Å²) in [6.07, 6.45) is 0. The van der Waals surface area contributed by atoms with Crippen LogP contribution in [0.15, 0.2) is 36.4 Å². The SMILES string of the molecule is COc1cccc(C(C)NCc2ccc(Cl)s2)c1. The summed E-state index contributed by atoms with van der Waals surface area (Å²) in [5.41, 5.74) is 1.22. The quantitative estimate of drug-likeness (QED) is 0.884. The van der Waals surface area contributed by atoms with Gasteiger partial charge in [-0.05, 0) is 36.8 Å². The summed E-state index contributed by atoms with van der Waals surface area (Å²) in [6.45, 7) is 2.97. The highest BCUT2D eigenvalue weighted by Gasteiger charge is 2.06. The van der Waals surface area contributed by atoms with E-state index in [1.165, 1.54) is 10.4 Å². The predicted molar refractivity (Wildman–Crippen MR) is 77.6 cm³/mol. The van der Waals surface area contributed by atoms with Crippen LogP contribution in [0.1, 0.15) is 23.4 Å². The van der Waals surface area contributed by atoms with Crippen molar-refractivity contribution in [3.8, 4) is 5.75 Å². The maximum absolute atomic E-state index is 5.91. The predicted octanol–water partition coefficient (Wildman–Crippen LogP) is 4.26.